The Bertz CT molecular complexity index is 806. The van der Waals surface area contributed by atoms with Crippen LogP contribution in [0.2, 0.25) is 0 Å². The standard InChI is InChI=1S/C23H30N2O/c1-7-25-22-12-16(2)18(13-21(22)17(3)14-23(25,4)5)15-24-19-8-10-20(26-6)11-9-19/h8-13,15,17H,7,14H2,1-6H3/t17-/m0/s1. The number of hydrogen-bond donors (Lipinski definition) is 0. The molecule has 0 amide bonds. The Labute approximate surface area is 157 Å². The number of ether oxygens (including phenoxy) is 1. The SMILES string of the molecule is CCN1c2cc(C)c(C=Nc3ccc(OC)cc3)cc2[C@@H](C)CC1(C)C. The lowest BCUT2D eigenvalue weighted by Crippen LogP contribution is -2.48. The van der Waals surface area contributed by atoms with Crippen LogP contribution in [0, 0.1) is 6.92 Å². The van der Waals surface area contributed by atoms with E-state index in [2.05, 4.69) is 56.6 Å². The fourth-order valence-corrected chi connectivity index (χ4v) is 4.20. The Hall–Kier alpha value is -2.29. The third-order valence-corrected chi connectivity index (χ3v) is 5.51. The van der Waals surface area contributed by atoms with E-state index < -0.39 is 0 Å². The van der Waals surface area contributed by atoms with Gasteiger partial charge in [0, 0.05) is 24.0 Å². The summed E-state index contributed by atoms with van der Waals surface area (Å²) in [4.78, 5) is 7.20. The molecule has 26 heavy (non-hydrogen) atoms. The second-order valence-electron chi connectivity index (χ2n) is 7.89. The van der Waals surface area contributed by atoms with Crippen LogP contribution >= 0.6 is 0 Å². The zero-order valence-electron chi connectivity index (χ0n) is 16.8. The van der Waals surface area contributed by atoms with Gasteiger partial charge in [-0.3, -0.25) is 4.99 Å². The number of anilines is 1. The smallest absolute Gasteiger partial charge is 0.119 e. The van der Waals surface area contributed by atoms with E-state index in [4.69, 9.17) is 4.74 Å². The molecule has 0 N–H and O–H groups in total. The number of aliphatic imine (C=N–C) groups is 1. The molecule has 1 heterocycles. The summed E-state index contributed by atoms with van der Waals surface area (Å²) in [5, 5.41) is 0. The van der Waals surface area contributed by atoms with Crippen LogP contribution < -0.4 is 9.64 Å². The van der Waals surface area contributed by atoms with Gasteiger partial charge in [0.25, 0.3) is 0 Å². The first-order valence-corrected chi connectivity index (χ1v) is 9.46. The molecule has 3 nitrogen and oxygen atoms in total. The van der Waals surface area contributed by atoms with Crippen LogP contribution in [0.15, 0.2) is 41.4 Å². The van der Waals surface area contributed by atoms with Crippen LogP contribution in [0.1, 0.15) is 56.7 Å². The van der Waals surface area contributed by atoms with Gasteiger partial charge in [0.1, 0.15) is 5.75 Å². The molecule has 0 radical (unpaired) electrons. The number of hydrogen-bond acceptors (Lipinski definition) is 3. The molecule has 0 aromatic heterocycles. The topological polar surface area (TPSA) is 24.8 Å². The van der Waals surface area contributed by atoms with Crippen LogP contribution in [0.25, 0.3) is 0 Å². The van der Waals surface area contributed by atoms with E-state index in [1.807, 2.05) is 30.5 Å². The first kappa shape index (κ1) is 18.5. The molecule has 1 aliphatic rings. The molecule has 138 valence electrons. The van der Waals surface area contributed by atoms with Crippen molar-refractivity contribution in [2.24, 2.45) is 4.99 Å². The second-order valence-corrected chi connectivity index (χ2v) is 7.89. The number of benzene rings is 2. The first-order valence-electron chi connectivity index (χ1n) is 9.46. The first-order chi connectivity index (χ1) is 12.4. The summed E-state index contributed by atoms with van der Waals surface area (Å²) in [6.07, 6.45) is 3.16. The van der Waals surface area contributed by atoms with Gasteiger partial charge in [0.05, 0.1) is 12.8 Å². The minimum Gasteiger partial charge on any atom is -0.497 e. The molecule has 0 spiro atoms. The zero-order valence-corrected chi connectivity index (χ0v) is 16.8. The van der Waals surface area contributed by atoms with Crippen molar-refractivity contribution in [3.05, 3.63) is 53.1 Å². The summed E-state index contributed by atoms with van der Waals surface area (Å²) in [6, 6.07) is 12.5. The molecule has 2 aromatic carbocycles. The van der Waals surface area contributed by atoms with Crippen molar-refractivity contribution in [3.8, 4) is 5.75 Å². The lowest BCUT2D eigenvalue weighted by molar-refractivity contribution is 0.381. The number of nitrogens with zero attached hydrogens (tertiary/aromatic N) is 2. The lowest BCUT2D eigenvalue weighted by atomic mass is 9.79. The molecule has 3 heteroatoms. The van der Waals surface area contributed by atoms with Crippen molar-refractivity contribution in [3.63, 3.8) is 0 Å². The molecule has 0 saturated carbocycles. The Morgan fingerprint density at radius 2 is 1.92 bits per heavy atom. The van der Waals surface area contributed by atoms with Gasteiger partial charge in [0.15, 0.2) is 0 Å². The average Bonchev–Trinajstić information content (AvgIpc) is 2.60. The van der Waals surface area contributed by atoms with E-state index in [-0.39, 0.29) is 5.54 Å². The minimum atomic E-state index is 0.201. The van der Waals surface area contributed by atoms with Crippen molar-refractivity contribution in [1.82, 2.24) is 0 Å². The molecule has 0 saturated heterocycles. The van der Waals surface area contributed by atoms with Gasteiger partial charge in [-0.15, -0.1) is 0 Å². The normalized spacial score (nSPS) is 18.8. The summed E-state index contributed by atoms with van der Waals surface area (Å²) >= 11 is 0. The molecule has 1 atom stereocenters. The van der Waals surface area contributed by atoms with Gasteiger partial charge >= 0.3 is 0 Å². The van der Waals surface area contributed by atoms with E-state index in [0.717, 1.165) is 18.0 Å². The van der Waals surface area contributed by atoms with Crippen molar-refractivity contribution in [1.29, 1.82) is 0 Å². The van der Waals surface area contributed by atoms with Crippen LogP contribution in [-0.2, 0) is 0 Å². The molecule has 3 rings (SSSR count). The Balaban J connectivity index is 1.95. The third kappa shape index (κ3) is 3.48. The molecular weight excluding hydrogens is 320 g/mol. The van der Waals surface area contributed by atoms with Crippen LogP contribution in [-0.4, -0.2) is 25.4 Å². The molecule has 0 aliphatic carbocycles. The van der Waals surface area contributed by atoms with Gasteiger partial charge in [-0.1, -0.05) is 6.92 Å². The average molecular weight is 351 g/mol. The maximum absolute atomic E-state index is 5.21. The molecule has 1 aliphatic heterocycles. The summed E-state index contributed by atoms with van der Waals surface area (Å²) in [5.41, 5.74) is 6.42. The van der Waals surface area contributed by atoms with Crippen molar-refractivity contribution in [2.75, 3.05) is 18.6 Å². The number of methoxy groups -OCH3 is 1. The highest BCUT2D eigenvalue weighted by molar-refractivity contribution is 5.86. The van der Waals surface area contributed by atoms with E-state index in [1.165, 1.54) is 28.8 Å². The largest absolute Gasteiger partial charge is 0.497 e. The van der Waals surface area contributed by atoms with Gasteiger partial charge < -0.3 is 9.64 Å². The summed E-state index contributed by atoms with van der Waals surface area (Å²) < 4.78 is 5.21. The van der Waals surface area contributed by atoms with Crippen molar-refractivity contribution >= 4 is 17.6 Å². The highest BCUT2D eigenvalue weighted by Crippen LogP contribution is 2.44. The van der Waals surface area contributed by atoms with Gasteiger partial charge in [0.2, 0.25) is 0 Å². The van der Waals surface area contributed by atoms with Crippen molar-refractivity contribution in [2.45, 2.75) is 52.5 Å². The summed E-state index contributed by atoms with van der Waals surface area (Å²) in [6.45, 7) is 12.5. The highest BCUT2D eigenvalue weighted by atomic mass is 16.5. The Morgan fingerprint density at radius 1 is 1.23 bits per heavy atom. The number of rotatable bonds is 4. The monoisotopic (exact) mass is 350 g/mol. The van der Waals surface area contributed by atoms with Crippen LogP contribution in [0.4, 0.5) is 11.4 Å². The van der Waals surface area contributed by atoms with Crippen LogP contribution in [0.3, 0.4) is 0 Å². The maximum atomic E-state index is 5.21. The minimum absolute atomic E-state index is 0.201. The zero-order chi connectivity index (χ0) is 18.9. The fraction of sp³-hybridized carbons (Fsp3) is 0.435. The summed E-state index contributed by atoms with van der Waals surface area (Å²) in [5.74, 6) is 1.40. The van der Waals surface area contributed by atoms with Gasteiger partial charge in [-0.05, 0) is 93.1 Å². The molecular formula is C23H30N2O. The predicted molar refractivity (Wildman–Crippen MR) is 112 cm³/mol. The predicted octanol–water partition coefficient (Wildman–Crippen LogP) is 5.87. The molecule has 0 unspecified atom stereocenters. The molecule has 2 aromatic rings. The van der Waals surface area contributed by atoms with Gasteiger partial charge in [-0.25, -0.2) is 0 Å². The molecule has 0 fully saturated rings. The van der Waals surface area contributed by atoms with E-state index in [1.54, 1.807) is 7.11 Å². The van der Waals surface area contributed by atoms with E-state index in [9.17, 15) is 0 Å². The lowest BCUT2D eigenvalue weighted by Gasteiger charge is -2.47. The van der Waals surface area contributed by atoms with Crippen molar-refractivity contribution < 1.29 is 4.74 Å². The Morgan fingerprint density at radius 3 is 2.54 bits per heavy atom. The summed E-state index contributed by atoms with van der Waals surface area (Å²) in [7, 11) is 1.68. The van der Waals surface area contributed by atoms with Crippen LogP contribution in [0.5, 0.6) is 5.75 Å². The quantitative estimate of drug-likeness (QED) is 0.645. The maximum Gasteiger partial charge on any atom is 0.119 e. The second kappa shape index (κ2) is 7.14. The Kier molecular flexibility index (Phi) is 5.08. The van der Waals surface area contributed by atoms with E-state index in [0.29, 0.717) is 5.92 Å². The van der Waals surface area contributed by atoms with E-state index >= 15 is 0 Å². The van der Waals surface area contributed by atoms with Gasteiger partial charge in [-0.2, -0.15) is 0 Å². The highest BCUT2D eigenvalue weighted by Gasteiger charge is 2.35. The number of aryl methyl sites for hydroxylation is 1. The fourth-order valence-electron chi connectivity index (χ4n) is 4.20. The molecule has 0 bridgehead atoms. The third-order valence-electron chi connectivity index (χ3n) is 5.51. The number of fused-ring (bicyclic) bond motifs is 1.